The van der Waals surface area contributed by atoms with E-state index in [1.807, 2.05) is 13.8 Å². The van der Waals surface area contributed by atoms with Crippen LogP contribution in [0.15, 0.2) is 6.33 Å². The lowest BCUT2D eigenvalue weighted by Crippen LogP contribution is -2.47. The third-order valence-corrected chi connectivity index (χ3v) is 2.74. The lowest BCUT2D eigenvalue weighted by molar-refractivity contribution is -0.123. The van der Waals surface area contributed by atoms with E-state index in [0.717, 1.165) is 6.42 Å². The number of nitrogens with one attached hydrogen (secondary N) is 1. The van der Waals surface area contributed by atoms with Gasteiger partial charge in [-0.1, -0.05) is 6.92 Å². The van der Waals surface area contributed by atoms with Gasteiger partial charge >= 0.3 is 0 Å². The van der Waals surface area contributed by atoms with E-state index in [4.69, 9.17) is 10.8 Å². The summed E-state index contributed by atoms with van der Waals surface area (Å²) in [4.78, 5) is 15.5. The number of carbonyl (C=O) groups excluding carboxylic acids is 1. The second-order valence-electron chi connectivity index (χ2n) is 4.24. The van der Waals surface area contributed by atoms with E-state index >= 15 is 0 Å². The van der Waals surface area contributed by atoms with Gasteiger partial charge in [0.2, 0.25) is 11.9 Å². The summed E-state index contributed by atoms with van der Waals surface area (Å²) >= 11 is 0. The number of nitrogens with two attached hydrogens (primary N) is 1. The number of aromatic nitrogens is 3. The Morgan fingerprint density at radius 2 is 2.41 bits per heavy atom. The maximum atomic E-state index is 11.7. The number of hydrogen-bond donors (Lipinski definition) is 3. The Balaban J connectivity index is 2.53. The van der Waals surface area contributed by atoms with Crippen LogP contribution in [0.25, 0.3) is 0 Å². The molecule has 0 fully saturated rings. The highest BCUT2D eigenvalue weighted by Gasteiger charge is 2.23. The van der Waals surface area contributed by atoms with Crippen LogP contribution in [0.4, 0.5) is 5.95 Å². The number of aliphatic hydroxyl groups excluding tert-OH is 1. The molecule has 1 heterocycles. The fourth-order valence-corrected chi connectivity index (χ4v) is 1.48. The molecule has 0 aliphatic heterocycles. The highest BCUT2D eigenvalue weighted by atomic mass is 16.3. The molecule has 1 aromatic rings. The van der Waals surface area contributed by atoms with Crippen LogP contribution in [0, 0.1) is 0 Å². The van der Waals surface area contributed by atoms with Crippen molar-refractivity contribution in [2.75, 3.05) is 12.3 Å². The number of rotatable bonds is 6. The first-order valence-corrected chi connectivity index (χ1v) is 5.56. The maximum absolute atomic E-state index is 11.7. The zero-order valence-corrected chi connectivity index (χ0v) is 10.2. The standard InChI is InChI=1S/C10H19N5O2/c1-3-10(2,4-5-16)13-8(17)6-15-7-12-9(11)14-15/h7,16H,3-6H2,1-2H3,(H2,11,14)(H,13,17). The predicted molar refractivity (Wildman–Crippen MR) is 63.0 cm³/mol. The Bertz CT molecular complexity index is 379. The van der Waals surface area contributed by atoms with Gasteiger partial charge in [0.1, 0.15) is 12.9 Å². The lowest BCUT2D eigenvalue weighted by Gasteiger charge is -2.28. The van der Waals surface area contributed by atoms with Gasteiger partial charge in [-0.3, -0.25) is 4.79 Å². The summed E-state index contributed by atoms with van der Waals surface area (Å²) < 4.78 is 1.37. The van der Waals surface area contributed by atoms with Gasteiger partial charge in [-0.25, -0.2) is 9.67 Å². The summed E-state index contributed by atoms with van der Waals surface area (Å²) in [5, 5.41) is 15.6. The van der Waals surface area contributed by atoms with Crippen molar-refractivity contribution in [1.29, 1.82) is 0 Å². The van der Waals surface area contributed by atoms with Crippen molar-refractivity contribution in [3.8, 4) is 0 Å². The van der Waals surface area contributed by atoms with E-state index in [1.54, 1.807) is 0 Å². The average molecular weight is 241 g/mol. The van der Waals surface area contributed by atoms with Crippen molar-refractivity contribution in [3.63, 3.8) is 0 Å². The number of hydrogen-bond acceptors (Lipinski definition) is 5. The summed E-state index contributed by atoms with van der Waals surface area (Å²) in [7, 11) is 0. The normalized spacial score (nSPS) is 14.3. The molecule has 1 rings (SSSR count). The maximum Gasteiger partial charge on any atom is 0.242 e. The van der Waals surface area contributed by atoms with Crippen molar-refractivity contribution in [3.05, 3.63) is 6.33 Å². The van der Waals surface area contributed by atoms with Crippen LogP contribution in [-0.4, -0.2) is 37.9 Å². The summed E-state index contributed by atoms with van der Waals surface area (Å²) in [6.07, 6.45) is 2.68. The molecule has 7 nitrogen and oxygen atoms in total. The van der Waals surface area contributed by atoms with E-state index in [0.29, 0.717) is 6.42 Å². The van der Waals surface area contributed by atoms with Crippen LogP contribution in [0.1, 0.15) is 26.7 Å². The van der Waals surface area contributed by atoms with Crippen LogP contribution in [0.3, 0.4) is 0 Å². The number of nitrogens with zero attached hydrogens (tertiary/aromatic N) is 3. The second kappa shape index (κ2) is 5.62. The Morgan fingerprint density at radius 1 is 1.71 bits per heavy atom. The smallest absolute Gasteiger partial charge is 0.242 e. The molecule has 7 heteroatoms. The van der Waals surface area contributed by atoms with Gasteiger partial charge in [-0.15, -0.1) is 5.10 Å². The fourth-order valence-electron chi connectivity index (χ4n) is 1.48. The number of aliphatic hydroxyl groups is 1. The van der Waals surface area contributed by atoms with Gasteiger partial charge in [0.15, 0.2) is 0 Å². The molecule has 96 valence electrons. The average Bonchev–Trinajstić information content (AvgIpc) is 2.64. The third-order valence-electron chi connectivity index (χ3n) is 2.74. The first-order chi connectivity index (χ1) is 7.99. The molecule has 0 bridgehead atoms. The third kappa shape index (κ3) is 4.03. The summed E-state index contributed by atoms with van der Waals surface area (Å²) in [5.74, 6) is -0.0286. The topological polar surface area (TPSA) is 106 Å². The first-order valence-electron chi connectivity index (χ1n) is 5.56. The number of amides is 1. The Hall–Kier alpha value is -1.63. The molecule has 1 unspecified atom stereocenters. The molecular weight excluding hydrogens is 222 g/mol. The van der Waals surface area contributed by atoms with Gasteiger partial charge in [0.25, 0.3) is 0 Å². The van der Waals surface area contributed by atoms with E-state index in [1.165, 1.54) is 11.0 Å². The molecule has 1 amide bonds. The van der Waals surface area contributed by atoms with Crippen LogP contribution in [0.5, 0.6) is 0 Å². The van der Waals surface area contributed by atoms with Gasteiger partial charge in [-0.2, -0.15) is 0 Å². The minimum absolute atomic E-state index is 0.0426. The fraction of sp³-hybridized carbons (Fsp3) is 0.700. The van der Waals surface area contributed by atoms with E-state index in [-0.39, 0.29) is 25.0 Å². The van der Waals surface area contributed by atoms with Crippen LogP contribution in [0.2, 0.25) is 0 Å². The van der Waals surface area contributed by atoms with Crippen molar-refractivity contribution in [1.82, 2.24) is 20.1 Å². The van der Waals surface area contributed by atoms with Crippen LogP contribution in [-0.2, 0) is 11.3 Å². The summed E-state index contributed by atoms with van der Waals surface area (Å²) in [5.41, 5.74) is 4.96. The van der Waals surface area contributed by atoms with Crippen molar-refractivity contribution < 1.29 is 9.90 Å². The molecule has 0 radical (unpaired) electrons. The Labute approximate surface area is 100 Å². The summed E-state index contributed by atoms with van der Waals surface area (Å²) in [6.45, 7) is 3.98. The van der Waals surface area contributed by atoms with Crippen molar-refractivity contribution in [2.45, 2.75) is 38.8 Å². The minimum atomic E-state index is -0.391. The van der Waals surface area contributed by atoms with Crippen LogP contribution >= 0.6 is 0 Å². The number of nitrogen functional groups attached to an aromatic ring is 1. The zero-order chi connectivity index (χ0) is 12.9. The molecule has 0 aliphatic carbocycles. The number of carbonyl (C=O) groups is 1. The minimum Gasteiger partial charge on any atom is -0.396 e. The van der Waals surface area contributed by atoms with E-state index in [2.05, 4.69) is 15.4 Å². The van der Waals surface area contributed by atoms with Crippen LogP contribution < -0.4 is 11.1 Å². The lowest BCUT2D eigenvalue weighted by atomic mass is 9.95. The molecule has 0 saturated heterocycles. The predicted octanol–water partition coefficient (Wildman–Crippen LogP) is -0.472. The SMILES string of the molecule is CCC(C)(CCO)NC(=O)Cn1cnc(N)n1. The monoisotopic (exact) mass is 241 g/mol. The largest absolute Gasteiger partial charge is 0.396 e. The van der Waals surface area contributed by atoms with E-state index < -0.39 is 5.54 Å². The molecule has 4 N–H and O–H groups in total. The van der Waals surface area contributed by atoms with Gasteiger partial charge in [0, 0.05) is 12.1 Å². The molecule has 1 aromatic heterocycles. The van der Waals surface area contributed by atoms with Gasteiger partial charge in [-0.05, 0) is 19.8 Å². The Morgan fingerprint density at radius 3 is 2.88 bits per heavy atom. The molecule has 0 spiro atoms. The highest BCUT2D eigenvalue weighted by molar-refractivity contribution is 5.76. The molecular formula is C10H19N5O2. The molecule has 1 atom stereocenters. The molecule has 0 saturated carbocycles. The number of anilines is 1. The summed E-state index contributed by atoms with van der Waals surface area (Å²) in [6, 6.07) is 0. The van der Waals surface area contributed by atoms with Gasteiger partial charge in [0.05, 0.1) is 0 Å². The quantitative estimate of drug-likeness (QED) is 0.624. The molecule has 17 heavy (non-hydrogen) atoms. The van der Waals surface area contributed by atoms with E-state index in [9.17, 15) is 4.79 Å². The highest BCUT2D eigenvalue weighted by Crippen LogP contribution is 2.13. The Kier molecular flexibility index (Phi) is 4.45. The van der Waals surface area contributed by atoms with Crippen molar-refractivity contribution >= 4 is 11.9 Å². The van der Waals surface area contributed by atoms with Gasteiger partial charge < -0.3 is 16.2 Å². The molecule has 0 aliphatic rings. The second-order valence-corrected chi connectivity index (χ2v) is 4.24. The zero-order valence-electron chi connectivity index (χ0n) is 10.2. The molecule has 0 aromatic carbocycles. The first kappa shape index (κ1) is 13.4. The van der Waals surface area contributed by atoms with Crippen molar-refractivity contribution in [2.24, 2.45) is 0 Å².